The van der Waals surface area contributed by atoms with Gasteiger partial charge in [0.25, 0.3) is 5.91 Å². The van der Waals surface area contributed by atoms with Crippen LogP contribution in [0, 0.1) is 10.8 Å². The van der Waals surface area contributed by atoms with Gasteiger partial charge in [-0.05, 0) is 31.6 Å². The van der Waals surface area contributed by atoms with Crippen LogP contribution in [0.1, 0.15) is 62.3 Å². The number of aryl methyl sites for hydroxylation is 1. The van der Waals surface area contributed by atoms with Crippen LogP contribution in [0.15, 0.2) is 18.3 Å². The number of pyridine rings is 1. The second-order valence-electron chi connectivity index (χ2n) is 6.44. The van der Waals surface area contributed by atoms with Crippen molar-refractivity contribution in [3.63, 3.8) is 0 Å². The van der Waals surface area contributed by atoms with E-state index < -0.39 is 5.91 Å². The van der Waals surface area contributed by atoms with Crippen molar-refractivity contribution >= 4 is 29.1 Å². The minimum absolute atomic E-state index is 0.0141. The van der Waals surface area contributed by atoms with E-state index in [1.54, 1.807) is 30.8 Å². The molecule has 28 heavy (non-hydrogen) atoms. The van der Waals surface area contributed by atoms with Crippen molar-refractivity contribution in [3.05, 3.63) is 35.3 Å². The molecular weight excluding hydrogens is 354 g/mol. The van der Waals surface area contributed by atoms with E-state index in [2.05, 4.69) is 23.8 Å². The number of imidazole rings is 1. The zero-order valence-corrected chi connectivity index (χ0v) is 17.1. The molecule has 0 bridgehead atoms. The van der Waals surface area contributed by atoms with Crippen LogP contribution >= 0.6 is 0 Å². The molecule has 2 heterocycles. The van der Waals surface area contributed by atoms with E-state index in [1.165, 1.54) is 18.9 Å². The first-order valence-corrected chi connectivity index (χ1v) is 9.04. The lowest BCUT2D eigenvalue weighted by atomic mass is 10.1. The molecule has 0 fully saturated rings. The molecular formula is C20H29N7O. The minimum atomic E-state index is -0.704. The summed E-state index contributed by atoms with van der Waals surface area (Å²) in [5.41, 5.74) is 14.0. The maximum Gasteiger partial charge on any atom is 0.267 e. The van der Waals surface area contributed by atoms with Gasteiger partial charge in [-0.3, -0.25) is 4.79 Å². The predicted octanol–water partition coefficient (Wildman–Crippen LogP) is 3.41. The van der Waals surface area contributed by atoms with Gasteiger partial charge in [-0.15, -0.1) is 0 Å². The highest BCUT2D eigenvalue weighted by atomic mass is 16.1. The summed E-state index contributed by atoms with van der Waals surface area (Å²) in [6.07, 6.45) is 7.19. The van der Waals surface area contributed by atoms with Crippen LogP contribution in [0.25, 0.3) is 17.1 Å². The lowest BCUT2D eigenvalue weighted by Gasteiger charge is -2.09. The number of anilines is 1. The summed E-state index contributed by atoms with van der Waals surface area (Å²) >= 11 is 0. The topological polar surface area (TPSA) is 148 Å². The molecule has 150 valence electrons. The van der Waals surface area contributed by atoms with Crippen molar-refractivity contribution in [2.75, 3.05) is 5.73 Å². The molecule has 0 aliphatic carbocycles. The summed E-state index contributed by atoms with van der Waals surface area (Å²) in [7, 11) is 1.78. The van der Waals surface area contributed by atoms with Gasteiger partial charge in [0.05, 0.1) is 5.69 Å². The number of nitrogens with one attached hydrogen (secondary N) is 2. The largest absolute Gasteiger partial charge is 0.398 e. The molecule has 2 aromatic rings. The number of nitrogen functional groups attached to an aromatic ring is 1. The Morgan fingerprint density at radius 3 is 2.29 bits per heavy atom. The lowest BCUT2D eigenvalue weighted by Crippen LogP contribution is -2.16. The van der Waals surface area contributed by atoms with Gasteiger partial charge in [0.2, 0.25) is 0 Å². The van der Waals surface area contributed by atoms with Crippen molar-refractivity contribution in [3.8, 4) is 11.5 Å². The third kappa shape index (κ3) is 5.60. The average molecular weight is 384 g/mol. The third-order valence-electron chi connectivity index (χ3n) is 3.91. The van der Waals surface area contributed by atoms with Gasteiger partial charge < -0.3 is 26.9 Å². The van der Waals surface area contributed by atoms with Gasteiger partial charge in [-0.2, -0.15) is 0 Å². The number of amides is 1. The van der Waals surface area contributed by atoms with E-state index in [0.717, 1.165) is 11.8 Å². The van der Waals surface area contributed by atoms with E-state index in [9.17, 15) is 4.79 Å². The number of nitrogens with zero attached hydrogens (tertiary/aromatic N) is 3. The van der Waals surface area contributed by atoms with Gasteiger partial charge in [0.15, 0.2) is 5.82 Å². The van der Waals surface area contributed by atoms with Crippen molar-refractivity contribution in [2.45, 2.75) is 40.5 Å². The van der Waals surface area contributed by atoms with Gasteiger partial charge >= 0.3 is 0 Å². The Bertz CT molecular complexity index is 908. The second kappa shape index (κ2) is 10.1. The molecule has 0 aliphatic rings. The van der Waals surface area contributed by atoms with Crippen LogP contribution in [-0.2, 0) is 7.05 Å². The average Bonchev–Trinajstić information content (AvgIpc) is 3.02. The van der Waals surface area contributed by atoms with Gasteiger partial charge in [0, 0.05) is 36.4 Å². The first kappa shape index (κ1) is 22.8. The highest BCUT2D eigenvalue weighted by Gasteiger charge is 2.18. The molecule has 0 saturated heterocycles. The van der Waals surface area contributed by atoms with Gasteiger partial charge in [-0.1, -0.05) is 26.7 Å². The Balaban J connectivity index is 0.000000892. The molecule has 2 aromatic heterocycles. The Morgan fingerprint density at radius 1 is 1.21 bits per heavy atom. The number of carbonyl (C=O) groups excluding carboxylic acids is 1. The molecule has 6 N–H and O–H groups in total. The Labute approximate surface area is 165 Å². The molecule has 0 unspecified atom stereocenters. The van der Waals surface area contributed by atoms with E-state index in [1.807, 2.05) is 6.92 Å². The van der Waals surface area contributed by atoms with Crippen molar-refractivity contribution in [1.29, 1.82) is 10.8 Å². The summed E-state index contributed by atoms with van der Waals surface area (Å²) in [6.45, 7) is 7.89. The fourth-order valence-corrected chi connectivity index (χ4v) is 2.30. The van der Waals surface area contributed by atoms with Crippen LogP contribution < -0.4 is 11.5 Å². The number of carbonyl (C=O) groups is 1. The van der Waals surface area contributed by atoms with Crippen molar-refractivity contribution < 1.29 is 4.79 Å². The van der Waals surface area contributed by atoms with Crippen LogP contribution in [0.4, 0.5) is 5.69 Å². The smallest absolute Gasteiger partial charge is 0.267 e. The zero-order valence-electron chi connectivity index (χ0n) is 17.1. The normalized spacial score (nSPS) is 10.8. The molecule has 0 saturated carbocycles. The highest BCUT2D eigenvalue weighted by Crippen LogP contribution is 2.26. The van der Waals surface area contributed by atoms with Crippen LogP contribution in [0.2, 0.25) is 0 Å². The Kier molecular flexibility index (Phi) is 8.25. The fraction of sp³-hybridized carbons (Fsp3) is 0.350. The van der Waals surface area contributed by atoms with Crippen LogP contribution in [0.3, 0.4) is 0 Å². The SMILES string of the molecule is CC(=N)/C=C(\C)c1cn(C)c(-c2nc(C(N)=O)cc(N)c2C=N)n1.CCCC. The highest BCUT2D eigenvalue weighted by molar-refractivity contribution is 5.98. The number of allylic oxidation sites excluding steroid dienone is 2. The summed E-state index contributed by atoms with van der Waals surface area (Å²) < 4.78 is 1.73. The molecule has 8 heteroatoms. The van der Waals surface area contributed by atoms with E-state index in [4.69, 9.17) is 22.3 Å². The van der Waals surface area contributed by atoms with E-state index in [0.29, 0.717) is 28.5 Å². The van der Waals surface area contributed by atoms with Crippen LogP contribution in [-0.4, -0.2) is 32.4 Å². The number of primary amides is 1. The van der Waals surface area contributed by atoms with Gasteiger partial charge in [-0.25, -0.2) is 9.97 Å². The van der Waals surface area contributed by atoms with E-state index >= 15 is 0 Å². The minimum Gasteiger partial charge on any atom is -0.398 e. The van der Waals surface area contributed by atoms with Crippen molar-refractivity contribution in [1.82, 2.24) is 14.5 Å². The summed E-state index contributed by atoms with van der Waals surface area (Å²) in [5, 5.41) is 15.1. The molecule has 2 rings (SSSR count). The molecule has 1 amide bonds. The predicted molar refractivity (Wildman–Crippen MR) is 115 cm³/mol. The maximum atomic E-state index is 11.4. The first-order valence-electron chi connectivity index (χ1n) is 9.04. The number of rotatable bonds is 6. The molecule has 8 nitrogen and oxygen atoms in total. The second-order valence-corrected chi connectivity index (χ2v) is 6.44. The van der Waals surface area contributed by atoms with Gasteiger partial charge in [0.1, 0.15) is 11.4 Å². The lowest BCUT2D eigenvalue weighted by molar-refractivity contribution is 0.0995. The van der Waals surface area contributed by atoms with E-state index in [-0.39, 0.29) is 11.4 Å². The summed E-state index contributed by atoms with van der Waals surface area (Å²) in [5.74, 6) is -0.252. The van der Waals surface area contributed by atoms with Crippen LogP contribution in [0.5, 0.6) is 0 Å². The quantitative estimate of drug-likeness (QED) is 0.566. The number of hydrogen-bond donors (Lipinski definition) is 4. The molecule has 0 radical (unpaired) electrons. The molecule has 0 aliphatic heterocycles. The number of nitrogens with two attached hydrogens (primary N) is 2. The zero-order chi connectivity index (χ0) is 21.4. The Hall–Kier alpha value is -3.29. The number of hydrogen-bond acceptors (Lipinski definition) is 6. The molecule has 0 spiro atoms. The standard InChI is InChI=1S/C16H19N7O.C4H10/c1-8(4-9(2)18)13-7-23(3)16(22-13)14-10(6-17)11(19)5-12(21-14)15(20)24;1-3-4-2/h4-7,17-18H,1-3H3,(H2,19,21)(H2,20,24);3-4H2,1-2H3/b8-4+,17-6?,18-9?;. The fourth-order valence-electron chi connectivity index (χ4n) is 2.30. The molecule has 0 atom stereocenters. The summed E-state index contributed by atoms with van der Waals surface area (Å²) in [6, 6.07) is 1.35. The van der Waals surface area contributed by atoms with Crippen molar-refractivity contribution in [2.24, 2.45) is 12.8 Å². The third-order valence-corrected chi connectivity index (χ3v) is 3.91. The first-order chi connectivity index (χ1) is 13.2. The Morgan fingerprint density at radius 2 is 1.82 bits per heavy atom. The maximum absolute atomic E-state index is 11.4. The monoisotopic (exact) mass is 383 g/mol. The molecule has 0 aromatic carbocycles. The summed E-state index contributed by atoms with van der Waals surface area (Å²) in [4.78, 5) is 20.2. The number of aromatic nitrogens is 3. The number of unbranched alkanes of at least 4 members (excludes halogenated alkanes) is 1.